The molecule has 0 aromatic carbocycles. The van der Waals surface area contributed by atoms with Gasteiger partial charge in [0.1, 0.15) is 6.73 Å². The van der Waals surface area contributed by atoms with E-state index in [4.69, 9.17) is 9.47 Å². The molecule has 1 aliphatic rings. The van der Waals surface area contributed by atoms with E-state index >= 15 is 0 Å². The van der Waals surface area contributed by atoms with E-state index in [-0.39, 0.29) is 35.9 Å². The number of rotatable bonds is 7. The third kappa shape index (κ3) is 5.57. The van der Waals surface area contributed by atoms with Crippen molar-refractivity contribution in [1.82, 2.24) is 9.55 Å². The van der Waals surface area contributed by atoms with Crippen LogP contribution in [0.25, 0.3) is 0 Å². The lowest BCUT2D eigenvalue weighted by Crippen LogP contribution is -2.41. The van der Waals surface area contributed by atoms with Gasteiger partial charge in [0, 0.05) is 27.8 Å². The summed E-state index contributed by atoms with van der Waals surface area (Å²) in [5, 5.41) is 9.89. The molecule has 0 radical (unpaired) electrons. The molecule has 1 fully saturated rings. The number of anilines is 1. The van der Waals surface area contributed by atoms with Crippen LogP contribution in [0.4, 0.5) is 5.82 Å². The predicted octanol–water partition coefficient (Wildman–Crippen LogP) is 1.65. The van der Waals surface area contributed by atoms with E-state index in [2.05, 4.69) is 24.6 Å². The second kappa shape index (κ2) is 8.68. The van der Waals surface area contributed by atoms with E-state index < -0.39 is 8.07 Å². The number of hydrogen-bond acceptors (Lipinski definition) is 7. The first-order chi connectivity index (χ1) is 12.2. The van der Waals surface area contributed by atoms with Crippen LogP contribution in [0.3, 0.4) is 0 Å². The standard InChI is InChI=1S/C17H29N3O5Si/c1-24-17(23)13-5-7-19(8-6-13)15-16(22)20(11-14(21)18-15)12-25-9-10-26(2,3)4/h11,13,21H,5-10,12H2,1-4H3. The molecule has 1 saturated heterocycles. The van der Waals surface area contributed by atoms with Gasteiger partial charge in [-0.15, -0.1) is 0 Å². The summed E-state index contributed by atoms with van der Waals surface area (Å²) in [5.74, 6) is -0.395. The van der Waals surface area contributed by atoms with Crippen LogP contribution in [0.15, 0.2) is 11.0 Å². The maximum absolute atomic E-state index is 12.7. The van der Waals surface area contributed by atoms with Gasteiger partial charge < -0.3 is 19.5 Å². The van der Waals surface area contributed by atoms with Gasteiger partial charge in [-0.25, -0.2) is 0 Å². The van der Waals surface area contributed by atoms with Gasteiger partial charge in [-0.2, -0.15) is 4.98 Å². The molecule has 0 saturated carbocycles. The summed E-state index contributed by atoms with van der Waals surface area (Å²) in [6, 6.07) is 1.01. The zero-order valence-electron chi connectivity index (χ0n) is 16.0. The largest absolute Gasteiger partial charge is 0.492 e. The maximum Gasteiger partial charge on any atom is 0.308 e. The average molecular weight is 384 g/mol. The topological polar surface area (TPSA) is 93.9 Å². The van der Waals surface area contributed by atoms with Crippen LogP contribution < -0.4 is 10.5 Å². The molecule has 1 aliphatic heterocycles. The number of aromatic hydroxyl groups is 1. The Morgan fingerprint density at radius 1 is 1.35 bits per heavy atom. The summed E-state index contributed by atoms with van der Waals surface area (Å²) in [6.45, 7) is 8.49. The van der Waals surface area contributed by atoms with Crippen LogP contribution in [0.5, 0.6) is 5.88 Å². The SMILES string of the molecule is COC(=O)C1CCN(c2nc(O)cn(COCC[Si](C)(C)C)c2=O)CC1. The van der Waals surface area contributed by atoms with Crippen LogP contribution in [0, 0.1) is 5.92 Å². The van der Waals surface area contributed by atoms with E-state index in [1.165, 1.54) is 17.9 Å². The fourth-order valence-corrected chi connectivity index (χ4v) is 3.61. The molecule has 2 rings (SSSR count). The van der Waals surface area contributed by atoms with E-state index in [1.807, 2.05) is 0 Å². The molecule has 1 aromatic heterocycles. The molecule has 0 amide bonds. The highest BCUT2D eigenvalue weighted by molar-refractivity contribution is 6.76. The first kappa shape index (κ1) is 20.4. The fraction of sp³-hybridized carbons (Fsp3) is 0.706. The van der Waals surface area contributed by atoms with Crippen LogP contribution in [-0.4, -0.2) is 55.5 Å². The first-order valence-electron chi connectivity index (χ1n) is 8.92. The lowest BCUT2D eigenvalue weighted by Gasteiger charge is -2.31. The summed E-state index contributed by atoms with van der Waals surface area (Å²) in [6.07, 6.45) is 2.48. The van der Waals surface area contributed by atoms with Crippen LogP contribution >= 0.6 is 0 Å². The van der Waals surface area contributed by atoms with Gasteiger partial charge in [0.05, 0.1) is 19.2 Å². The highest BCUT2D eigenvalue weighted by Crippen LogP contribution is 2.22. The number of carbonyl (C=O) groups excluding carboxylic acids is 1. The molecule has 8 nitrogen and oxygen atoms in total. The van der Waals surface area contributed by atoms with Gasteiger partial charge in [0.15, 0.2) is 5.82 Å². The Labute approximate surface area is 154 Å². The Bertz CT molecular complexity index is 678. The first-order valence-corrected chi connectivity index (χ1v) is 12.6. The van der Waals surface area contributed by atoms with Gasteiger partial charge in [0.2, 0.25) is 5.88 Å². The summed E-state index contributed by atoms with van der Waals surface area (Å²) < 4.78 is 11.7. The minimum atomic E-state index is -1.20. The predicted molar refractivity (Wildman–Crippen MR) is 101 cm³/mol. The molecular formula is C17H29N3O5Si. The molecule has 0 unspecified atom stereocenters. The zero-order chi connectivity index (χ0) is 19.3. The average Bonchev–Trinajstić information content (AvgIpc) is 2.59. The highest BCUT2D eigenvalue weighted by atomic mass is 28.3. The quantitative estimate of drug-likeness (QED) is 0.435. The molecule has 1 N–H and O–H groups in total. The lowest BCUT2D eigenvalue weighted by molar-refractivity contribution is -0.146. The number of nitrogens with zero attached hydrogens (tertiary/aromatic N) is 3. The monoisotopic (exact) mass is 383 g/mol. The van der Waals surface area contributed by atoms with Gasteiger partial charge in [0.25, 0.3) is 5.56 Å². The molecular weight excluding hydrogens is 354 g/mol. The molecule has 146 valence electrons. The minimum absolute atomic E-state index is 0.0883. The van der Waals surface area contributed by atoms with Crippen molar-refractivity contribution in [3.63, 3.8) is 0 Å². The minimum Gasteiger partial charge on any atom is -0.492 e. The second-order valence-corrected chi connectivity index (χ2v) is 13.5. The summed E-state index contributed by atoms with van der Waals surface area (Å²) in [7, 11) is 0.184. The second-order valence-electron chi connectivity index (χ2n) is 7.83. The number of esters is 1. The smallest absolute Gasteiger partial charge is 0.308 e. The number of carbonyl (C=O) groups is 1. The van der Waals surface area contributed by atoms with Crippen molar-refractivity contribution in [3.05, 3.63) is 16.6 Å². The van der Waals surface area contributed by atoms with Gasteiger partial charge in [-0.05, 0) is 18.9 Å². The Morgan fingerprint density at radius 2 is 2.00 bits per heavy atom. The third-order valence-corrected chi connectivity index (χ3v) is 6.20. The lowest BCUT2D eigenvalue weighted by atomic mass is 9.97. The number of piperidine rings is 1. The third-order valence-electron chi connectivity index (χ3n) is 4.50. The fourth-order valence-electron chi connectivity index (χ4n) is 2.85. The summed E-state index contributed by atoms with van der Waals surface area (Å²) >= 11 is 0. The van der Waals surface area contributed by atoms with Crippen molar-refractivity contribution in [2.75, 3.05) is 31.7 Å². The van der Waals surface area contributed by atoms with Crippen molar-refractivity contribution in [2.24, 2.45) is 5.92 Å². The number of hydrogen-bond donors (Lipinski definition) is 1. The van der Waals surface area contributed by atoms with Crippen molar-refractivity contribution in [2.45, 2.75) is 45.3 Å². The van der Waals surface area contributed by atoms with E-state index in [0.717, 1.165) is 6.04 Å². The molecule has 9 heteroatoms. The van der Waals surface area contributed by atoms with E-state index in [9.17, 15) is 14.7 Å². The number of ether oxygens (including phenoxy) is 2. The Morgan fingerprint density at radius 3 is 2.58 bits per heavy atom. The molecule has 2 heterocycles. The summed E-state index contributed by atoms with van der Waals surface area (Å²) in [4.78, 5) is 30.1. The van der Waals surface area contributed by atoms with Crippen LogP contribution in [-0.2, 0) is 21.0 Å². The van der Waals surface area contributed by atoms with E-state index in [1.54, 1.807) is 4.90 Å². The molecule has 0 aliphatic carbocycles. The molecule has 1 aromatic rings. The normalized spacial score (nSPS) is 15.9. The molecule has 0 atom stereocenters. The van der Waals surface area contributed by atoms with Crippen molar-refractivity contribution < 1.29 is 19.4 Å². The Balaban J connectivity index is 2.03. The van der Waals surface area contributed by atoms with Gasteiger partial charge in [-0.3, -0.25) is 14.2 Å². The van der Waals surface area contributed by atoms with Crippen molar-refractivity contribution >= 4 is 19.9 Å². The Kier molecular flexibility index (Phi) is 6.82. The zero-order valence-corrected chi connectivity index (χ0v) is 17.0. The number of methoxy groups -OCH3 is 1. The highest BCUT2D eigenvalue weighted by Gasteiger charge is 2.28. The number of aromatic nitrogens is 2. The van der Waals surface area contributed by atoms with Crippen LogP contribution in [0.2, 0.25) is 25.7 Å². The molecule has 0 bridgehead atoms. The molecule has 26 heavy (non-hydrogen) atoms. The summed E-state index contributed by atoms with van der Waals surface area (Å²) in [5.41, 5.74) is -0.299. The van der Waals surface area contributed by atoms with Crippen molar-refractivity contribution in [1.29, 1.82) is 0 Å². The van der Waals surface area contributed by atoms with Gasteiger partial charge >= 0.3 is 5.97 Å². The van der Waals surface area contributed by atoms with E-state index in [0.29, 0.717) is 32.5 Å². The van der Waals surface area contributed by atoms with Crippen molar-refractivity contribution in [3.8, 4) is 5.88 Å². The van der Waals surface area contributed by atoms with Crippen LogP contribution in [0.1, 0.15) is 12.8 Å². The maximum atomic E-state index is 12.7. The van der Waals surface area contributed by atoms with Gasteiger partial charge in [-0.1, -0.05) is 19.6 Å². The Hall–Kier alpha value is -1.87. The molecule has 0 spiro atoms.